The fourth-order valence-corrected chi connectivity index (χ4v) is 3.72. The standard InChI is InChI=1S/C21H17Cl2N3O5S/c1-29-16-5-3-4-12(19(16)31-11-13-6-7-14(22)8-15(13)23)10-24-26-21-25-20(28)17(32-21)9-18(27)30-2/h3-10H,11H2,1-2H3,(H,25,26,28)/b17-9+,24-10?. The second kappa shape index (κ2) is 11.0. The largest absolute Gasteiger partial charge is 0.493 e. The van der Waals surface area contributed by atoms with Gasteiger partial charge >= 0.3 is 5.97 Å². The number of hydrogen-bond acceptors (Lipinski definition) is 8. The minimum atomic E-state index is -0.633. The summed E-state index contributed by atoms with van der Waals surface area (Å²) in [5.41, 5.74) is 1.35. The lowest BCUT2D eigenvalue weighted by atomic mass is 10.2. The third kappa shape index (κ3) is 6.03. The van der Waals surface area contributed by atoms with Crippen LogP contribution in [0.2, 0.25) is 10.0 Å². The zero-order valence-electron chi connectivity index (χ0n) is 16.9. The molecule has 0 atom stereocenters. The molecular formula is C21H17Cl2N3O5S. The van der Waals surface area contributed by atoms with E-state index in [1.54, 1.807) is 36.4 Å². The van der Waals surface area contributed by atoms with Gasteiger partial charge in [0.15, 0.2) is 16.7 Å². The molecule has 0 saturated carbocycles. The summed E-state index contributed by atoms with van der Waals surface area (Å²) >= 11 is 13.1. The summed E-state index contributed by atoms with van der Waals surface area (Å²) in [6, 6.07) is 10.4. The Bertz CT molecular complexity index is 1130. The highest BCUT2D eigenvalue weighted by molar-refractivity contribution is 8.18. The number of ether oxygens (including phenoxy) is 3. The highest BCUT2D eigenvalue weighted by Crippen LogP contribution is 2.32. The summed E-state index contributed by atoms with van der Waals surface area (Å²) in [6.45, 7) is 0.180. The number of rotatable bonds is 7. The van der Waals surface area contributed by atoms with Crippen LogP contribution in [-0.4, -0.2) is 37.5 Å². The van der Waals surface area contributed by atoms with Gasteiger partial charge in [-0.1, -0.05) is 35.3 Å². The number of halogens is 2. The van der Waals surface area contributed by atoms with Crippen LogP contribution in [0, 0.1) is 0 Å². The highest BCUT2D eigenvalue weighted by atomic mass is 35.5. The maximum atomic E-state index is 11.9. The number of nitrogens with zero attached hydrogens (tertiary/aromatic N) is 2. The second-order valence-corrected chi connectivity index (χ2v) is 8.01. The molecule has 8 nitrogen and oxygen atoms in total. The zero-order valence-corrected chi connectivity index (χ0v) is 19.3. The molecule has 166 valence electrons. The average molecular weight is 494 g/mol. The minimum absolute atomic E-state index is 0.163. The number of esters is 1. The van der Waals surface area contributed by atoms with Crippen LogP contribution in [0.4, 0.5) is 0 Å². The monoisotopic (exact) mass is 493 g/mol. The minimum Gasteiger partial charge on any atom is -0.493 e. The Labute approximate surface area is 198 Å². The Morgan fingerprint density at radius 1 is 1.22 bits per heavy atom. The SMILES string of the molecule is COC(=O)/C=C1/S/C(=N\N=Cc2cccc(OC)c2OCc2ccc(Cl)cc2Cl)NC1=O. The van der Waals surface area contributed by atoms with Gasteiger partial charge in [0.2, 0.25) is 0 Å². The van der Waals surface area contributed by atoms with Gasteiger partial charge in [0.1, 0.15) is 6.61 Å². The van der Waals surface area contributed by atoms with Gasteiger partial charge in [-0.15, -0.1) is 5.10 Å². The van der Waals surface area contributed by atoms with Crippen molar-refractivity contribution in [3.05, 3.63) is 68.6 Å². The molecule has 2 aromatic carbocycles. The van der Waals surface area contributed by atoms with E-state index >= 15 is 0 Å². The first kappa shape index (κ1) is 23.6. The van der Waals surface area contributed by atoms with E-state index in [9.17, 15) is 9.59 Å². The van der Waals surface area contributed by atoms with E-state index in [0.717, 1.165) is 23.4 Å². The van der Waals surface area contributed by atoms with Gasteiger partial charge in [-0.25, -0.2) is 4.79 Å². The predicted octanol–water partition coefficient (Wildman–Crippen LogP) is 4.19. The lowest BCUT2D eigenvalue weighted by Crippen LogP contribution is -2.19. The Balaban J connectivity index is 1.77. The smallest absolute Gasteiger partial charge is 0.331 e. The van der Waals surface area contributed by atoms with Crippen molar-refractivity contribution in [3.63, 3.8) is 0 Å². The quantitative estimate of drug-likeness (QED) is 0.268. The molecule has 1 N–H and O–H groups in total. The van der Waals surface area contributed by atoms with Crippen molar-refractivity contribution in [1.29, 1.82) is 0 Å². The van der Waals surface area contributed by atoms with Gasteiger partial charge in [0.05, 0.1) is 25.3 Å². The normalized spacial score (nSPS) is 15.9. The van der Waals surface area contributed by atoms with E-state index < -0.39 is 11.9 Å². The van der Waals surface area contributed by atoms with Crippen LogP contribution >= 0.6 is 35.0 Å². The van der Waals surface area contributed by atoms with Crippen LogP contribution in [0.25, 0.3) is 0 Å². The molecule has 0 spiro atoms. The molecule has 1 amide bonds. The number of carbonyl (C=O) groups excluding carboxylic acids is 2. The molecule has 2 aromatic rings. The van der Waals surface area contributed by atoms with Gasteiger partial charge in [-0.3, -0.25) is 10.1 Å². The van der Waals surface area contributed by atoms with Crippen LogP contribution in [-0.2, 0) is 20.9 Å². The number of amidine groups is 1. The maximum Gasteiger partial charge on any atom is 0.331 e. The van der Waals surface area contributed by atoms with E-state index in [1.807, 2.05) is 0 Å². The van der Waals surface area contributed by atoms with Crippen molar-refractivity contribution in [2.45, 2.75) is 6.61 Å². The lowest BCUT2D eigenvalue weighted by molar-refractivity contribution is -0.135. The van der Waals surface area contributed by atoms with Crippen molar-refractivity contribution >= 4 is 58.2 Å². The second-order valence-electron chi connectivity index (χ2n) is 6.14. The molecule has 11 heteroatoms. The fourth-order valence-electron chi connectivity index (χ4n) is 2.52. The van der Waals surface area contributed by atoms with Crippen LogP contribution in [0.5, 0.6) is 11.5 Å². The Morgan fingerprint density at radius 3 is 2.75 bits per heavy atom. The first-order valence-corrected chi connectivity index (χ1v) is 10.6. The highest BCUT2D eigenvalue weighted by Gasteiger charge is 2.25. The van der Waals surface area contributed by atoms with Crippen LogP contribution in [0.3, 0.4) is 0 Å². The van der Waals surface area contributed by atoms with Gasteiger partial charge in [-0.05, 0) is 36.0 Å². The van der Waals surface area contributed by atoms with Gasteiger partial charge in [0, 0.05) is 27.2 Å². The van der Waals surface area contributed by atoms with Crippen molar-refractivity contribution in [3.8, 4) is 11.5 Å². The number of methoxy groups -OCH3 is 2. The maximum absolute atomic E-state index is 11.9. The summed E-state index contributed by atoms with van der Waals surface area (Å²) in [5, 5.41) is 11.8. The topological polar surface area (TPSA) is 98.6 Å². The molecule has 1 saturated heterocycles. The Kier molecular flexibility index (Phi) is 8.15. The molecule has 3 rings (SSSR count). The fraction of sp³-hybridized carbons (Fsp3) is 0.143. The molecule has 0 unspecified atom stereocenters. The molecule has 0 radical (unpaired) electrons. The number of amides is 1. The molecular weight excluding hydrogens is 477 g/mol. The summed E-state index contributed by atoms with van der Waals surface area (Å²) < 4.78 is 15.9. The Hall–Kier alpha value is -3.01. The number of para-hydroxylation sites is 1. The average Bonchev–Trinajstić information content (AvgIpc) is 3.12. The molecule has 0 bridgehead atoms. The zero-order chi connectivity index (χ0) is 23.1. The molecule has 1 heterocycles. The molecule has 32 heavy (non-hydrogen) atoms. The summed E-state index contributed by atoms with van der Waals surface area (Å²) in [4.78, 5) is 23.4. The number of benzene rings is 2. The van der Waals surface area contributed by atoms with Crippen molar-refractivity contribution in [1.82, 2.24) is 5.32 Å². The van der Waals surface area contributed by atoms with Gasteiger partial charge in [0.25, 0.3) is 5.91 Å². The molecule has 1 aliphatic heterocycles. The van der Waals surface area contributed by atoms with Crippen LogP contribution in [0.15, 0.2) is 57.6 Å². The third-order valence-electron chi connectivity index (χ3n) is 4.06. The lowest BCUT2D eigenvalue weighted by Gasteiger charge is -2.13. The Morgan fingerprint density at radius 2 is 2.03 bits per heavy atom. The first-order valence-electron chi connectivity index (χ1n) is 9.05. The molecule has 1 fully saturated rings. The van der Waals surface area contributed by atoms with E-state index in [-0.39, 0.29) is 16.7 Å². The predicted molar refractivity (Wildman–Crippen MR) is 125 cm³/mol. The third-order valence-corrected chi connectivity index (χ3v) is 5.55. The number of thioether (sulfide) groups is 1. The van der Waals surface area contributed by atoms with Gasteiger partial charge < -0.3 is 14.2 Å². The van der Waals surface area contributed by atoms with Crippen molar-refractivity contribution in [2.24, 2.45) is 10.2 Å². The molecule has 1 aliphatic rings. The summed E-state index contributed by atoms with van der Waals surface area (Å²) in [5.74, 6) is -0.149. The first-order chi connectivity index (χ1) is 15.4. The van der Waals surface area contributed by atoms with E-state index in [1.165, 1.54) is 20.4 Å². The molecule has 0 aliphatic carbocycles. The van der Waals surface area contributed by atoms with E-state index in [4.69, 9.17) is 32.7 Å². The van der Waals surface area contributed by atoms with E-state index in [2.05, 4.69) is 20.3 Å². The van der Waals surface area contributed by atoms with E-state index in [0.29, 0.717) is 27.1 Å². The summed E-state index contributed by atoms with van der Waals surface area (Å²) in [6.07, 6.45) is 2.55. The van der Waals surface area contributed by atoms with Crippen LogP contribution in [0.1, 0.15) is 11.1 Å². The van der Waals surface area contributed by atoms with Crippen LogP contribution < -0.4 is 14.8 Å². The number of hydrogen-bond donors (Lipinski definition) is 1. The number of nitrogens with one attached hydrogen (secondary N) is 1. The summed E-state index contributed by atoms with van der Waals surface area (Å²) in [7, 11) is 2.75. The van der Waals surface area contributed by atoms with Gasteiger partial charge in [-0.2, -0.15) is 5.10 Å². The van der Waals surface area contributed by atoms with Crippen molar-refractivity contribution in [2.75, 3.05) is 14.2 Å². The molecule has 0 aromatic heterocycles. The number of carbonyl (C=O) groups is 2. The van der Waals surface area contributed by atoms with Crippen molar-refractivity contribution < 1.29 is 23.8 Å².